The number of hydrogen-bond acceptors (Lipinski definition) is 3. The van der Waals surface area contributed by atoms with Crippen LogP contribution in [0.25, 0.3) is 0 Å². The van der Waals surface area contributed by atoms with Crippen molar-refractivity contribution in [1.29, 1.82) is 0 Å². The summed E-state index contributed by atoms with van der Waals surface area (Å²) in [4.78, 5) is 18.7. The van der Waals surface area contributed by atoms with Gasteiger partial charge >= 0.3 is 0 Å². The highest BCUT2D eigenvalue weighted by atomic mass is 16.2. The number of fused-ring (bicyclic) bond motifs is 1. The molecule has 1 aromatic heterocycles. The third kappa shape index (κ3) is 3.00. The van der Waals surface area contributed by atoms with Crippen LogP contribution in [0.5, 0.6) is 0 Å². The predicted octanol–water partition coefficient (Wildman–Crippen LogP) is 2.17. The third-order valence-electron chi connectivity index (χ3n) is 5.08. The third-order valence-corrected chi connectivity index (χ3v) is 5.08. The number of piperidine rings is 1. The zero-order valence-corrected chi connectivity index (χ0v) is 13.3. The number of hydrogen-bond donors (Lipinski definition) is 0. The van der Waals surface area contributed by atoms with Crippen molar-refractivity contribution in [3.05, 3.63) is 47.5 Å². The molecule has 1 aliphatic heterocycles. The average molecular weight is 310 g/mol. The molecule has 5 heteroatoms. The molecule has 1 aromatic carbocycles. The maximum Gasteiger partial charge on any atom is 0.227 e. The van der Waals surface area contributed by atoms with E-state index in [9.17, 15) is 4.79 Å². The van der Waals surface area contributed by atoms with Crippen LogP contribution in [0.1, 0.15) is 42.0 Å². The topological polar surface area (TPSA) is 51.0 Å². The van der Waals surface area contributed by atoms with E-state index in [1.807, 2.05) is 9.58 Å². The van der Waals surface area contributed by atoms with Gasteiger partial charge in [-0.3, -0.25) is 4.79 Å². The van der Waals surface area contributed by atoms with Gasteiger partial charge < -0.3 is 4.90 Å². The predicted molar refractivity (Wildman–Crippen MR) is 87.0 cm³/mol. The number of benzene rings is 1. The van der Waals surface area contributed by atoms with Crippen LogP contribution < -0.4 is 0 Å². The summed E-state index contributed by atoms with van der Waals surface area (Å²) >= 11 is 0. The summed E-state index contributed by atoms with van der Waals surface area (Å²) in [7, 11) is 0. The highest BCUT2D eigenvalue weighted by Crippen LogP contribution is 2.24. The number of carbonyl (C=O) groups excluding carboxylic acids is 1. The minimum Gasteiger partial charge on any atom is -0.340 e. The van der Waals surface area contributed by atoms with Crippen molar-refractivity contribution in [2.24, 2.45) is 0 Å². The Morgan fingerprint density at radius 2 is 2.13 bits per heavy atom. The number of nitrogens with zero attached hydrogens (tertiary/aromatic N) is 4. The summed E-state index contributed by atoms with van der Waals surface area (Å²) < 4.78 is 1.88. The summed E-state index contributed by atoms with van der Waals surface area (Å²) in [5.74, 6) is 0.229. The molecule has 1 atom stereocenters. The van der Waals surface area contributed by atoms with E-state index in [0.29, 0.717) is 6.42 Å². The Hall–Kier alpha value is -2.17. The second kappa shape index (κ2) is 6.14. The maximum atomic E-state index is 12.7. The maximum absolute atomic E-state index is 12.7. The summed E-state index contributed by atoms with van der Waals surface area (Å²) in [6, 6.07) is 6.83. The second-order valence-corrected chi connectivity index (χ2v) is 6.64. The number of aromatic nitrogens is 3. The fraction of sp³-hybridized carbons (Fsp3) is 0.500. The number of amides is 1. The van der Waals surface area contributed by atoms with Gasteiger partial charge in [0.2, 0.25) is 5.91 Å². The molecule has 0 radical (unpaired) electrons. The van der Waals surface area contributed by atoms with Gasteiger partial charge in [-0.2, -0.15) is 5.10 Å². The molecular weight excluding hydrogens is 288 g/mol. The van der Waals surface area contributed by atoms with Gasteiger partial charge in [0.05, 0.1) is 12.5 Å². The van der Waals surface area contributed by atoms with E-state index in [1.165, 1.54) is 24.0 Å². The Morgan fingerprint density at radius 3 is 3.00 bits per heavy atom. The van der Waals surface area contributed by atoms with Gasteiger partial charge in [-0.25, -0.2) is 9.67 Å². The zero-order valence-electron chi connectivity index (χ0n) is 13.3. The largest absolute Gasteiger partial charge is 0.340 e. The van der Waals surface area contributed by atoms with Crippen LogP contribution in [0, 0.1) is 0 Å². The second-order valence-electron chi connectivity index (χ2n) is 6.64. The number of aryl methyl sites for hydroxylation is 2. The van der Waals surface area contributed by atoms with Crippen LogP contribution in [0.4, 0.5) is 0 Å². The van der Waals surface area contributed by atoms with Crippen molar-refractivity contribution in [2.75, 3.05) is 13.1 Å². The monoisotopic (exact) mass is 310 g/mol. The van der Waals surface area contributed by atoms with Gasteiger partial charge in [-0.15, -0.1) is 0 Å². The molecule has 1 amide bonds. The molecule has 1 fully saturated rings. The summed E-state index contributed by atoms with van der Waals surface area (Å²) in [5, 5.41) is 4.22. The summed E-state index contributed by atoms with van der Waals surface area (Å²) in [6.45, 7) is 1.60. The van der Waals surface area contributed by atoms with Gasteiger partial charge in [0.1, 0.15) is 12.7 Å². The van der Waals surface area contributed by atoms with Crippen molar-refractivity contribution in [3.8, 4) is 0 Å². The van der Waals surface area contributed by atoms with Crippen molar-refractivity contribution < 1.29 is 4.79 Å². The lowest BCUT2D eigenvalue weighted by Gasteiger charge is -2.32. The summed E-state index contributed by atoms with van der Waals surface area (Å²) in [5.41, 5.74) is 4.05. The molecule has 2 aromatic rings. The molecule has 120 valence electrons. The molecule has 5 nitrogen and oxygen atoms in total. The zero-order chi connectivity index (χ0) is 15.6. The molecule has 0 spiro atoms. The van der Waals surface area contributed by atoms with Crippen molar-refractivity contribution in [3.63, 3.8) is 0 Å². The van der Waals surface area contributed by atoms with Crippen LogP contribution >= 0.6 is 0 Å². The Kier molecular flexibility index (Phi) is 3.85. The van der Waals surface area contributed by atoms with Crippen molar-refractivity contribution >= 4 is 5.91 Å². The molecule has 0 unspecified atom stereocenters. The molecule has 1 aliphatic carbocycles. The Bertz CT molecular complexity index is 695. The van der Waals surface area contributed by atoms with Crippen molar-refractivity contribution in [2.45, 2.75) is 44.6 Å². The fourth-order valence-corrected chi connectivity index (χ4v) is 3.82. The highest BCUT2D eigenvalue weighted by Gasteiger charge is 2.25. The van der Waals surface area contributed by atoms with E-state index in [2.05, 4.69) is 28.3 Å². The van der Waals surface area contributed by atoms with E-state index < -0.39 is 0 Å². The van der Waals surface area contributed by atoms with Crippen LogP contribution in [0.15, 0.2) is 30.9 Å². The SMILES string of the molecule is O=C(Cc1ccc2c(c1)CCC2)N1CCC[C@@H](n2cncn2)C1. The highest BCUT2D eigenvalue weighted by molar-refractivity contribution is 5.79. The lowest BCUT2D eigenvalue weighted by atomic mass is 10.0. The Morgan fingerprint density at radius 1 is 1.22 bits per heavy atom. The molecule has 1 saturated heterocycles. The van der Waals surface area contributed by atoms with E-state index in [-0.39, 0.29) is 11.9 Å². The van der Waals surface area contributed by atoms with Gasteiger partial charge in [0, 0.05) is 13.1 Å². The van der Waals surface area contributed by atoms with Crippen LogP contribution in [0.2, 0.25) is 0 Å². The lowest BCUT2D eigenvalue weighted by molar-refractivity contribution is -0.132. The minimum absolute atomic E-state index is 0.229. The number of likely N-dealkylation sites (tertiary alicyclic amines) is 1. The Labute approximate surface area is 136 Å². The standard InChI is InChI=1S/C18H22N4O/c23-18(10-14-6-7-15-3-1-4-16(15)9-14)21-8-2-5-17(11-21)22-13-19-12-20-22/h6-7,9,12-13,17H,1-5,8,10-11H2/t17-/m1/s1. The van der Waals surface area contributed by atoms with Crippen LogP contribution in [-0.4, -0.2) is 38.7 Å². The smallest absolute Gasteiger partial charge is 0.227 e. The first-order valence-electron chi connectivity index (χ1n) is 8.52. The quantitative estimate of drug-likeness (QED) is 0.873. The molecule has 4 rings (SSSR count). The molecule has 2 heterocycles. The first-order valence-corrected chi connectivity index (χ1v) is 8.52. The molecule has 2 aliphatic rings. The van der Waals surface area contributed by atoms with E-state index in [0.717, 1.165) is 37.9 Å². The van der Waals surface area contributed by atoms with Crippen molar-refractivity contribution in [1.82, 2.24) is 19.7 Å². The molecule has 0 N–H and O–H groups in total. The lowest BCUT2D eigenvalue weighted by Crippen LogP contribution is -2.41. The minimum atomic E-state index is 0.229. The van der Waals surface area contributed by atoms with E-state index in [1.54, 1.807) is 12.7 Å². The van der Waals surface area contributed by atoms with Gasteiger partial charge in [0.15, 0.2) is 0 Å². The normalized spacial score (nSPS) is 20.5. The van der Waals surface area contributed by atoms with E-state index in [4.69, 9.17) is 0 Å². The van der Waals surface area contributed by atoms with Gasteiger partial charge in [-0.05, 0) is 48.8 Å². The molecule has 0 saturated carbocycles. The van der Waals surface area contributed by atoms with Crippen LogP contribution in [-0.2, 0) is 24.1 Å². The fourth-order valence-electron chi connectivity index (χ4n) is 3.82. The van der Waals surface area contributed by atoms with E-state index >= 15 is 0 Å². The van der Waals surface area contributed by atoms with Crippen LogP contribution in [0.3, 0.4) is 0 Å². The average Bonchev–Trinajstić information content (AvgIpc) is 3.26. The van der Waals surface area contributed by atoms with Gasteiger partial charge in [-0.1, -0.05) is 18.2 Å². The number of rotatable bonds is 3. The number of carbonyl (C=O) groups is 1. The Balaban J connectivity index is 1.42. The first-order chi connectivity index (χ1) is 11.3. The molecular formula is C18H22N4O. The molecule has 0 bridgehead atoms. The van der Waals surface area contributed by atoms with Gasteiger partial charge in [0.25, 0.3) is 0 Å². The molecule has 23 heavy (non-hydrogen) atoms. The summed E-state index contributed by atoms with van der Waals surface area (Å²) in [6.07, 6.45) is 9.51. The first kappa shape index (κ1) is 14.4.